The van der Waals surface area contributed by atoms with Crippen LogP contribution in [0.4, 0.5) is 17.1 Å². The molecule has 0 unspecified atom stereocenters. The molecule has 0 atom stereocenters. The zero-order valence-electron chi connectivity index (χ0n) is 29.6. The average Bonchev–Trinajstić information content (AvgIpc) is 3.64. The van der Waals surface area contributed by atoms with E-state index in [-0.39, 0.29) is 0 Å². The van der Waals surface area contributed by atoms with Crippen molar-refractivity contribution < 1.29 is 4.42 Å². The number of hydrogen-bond acceptors (Lipinski definition) is 2. The van der Waals surface area contributed by atoms with Gasteiger partial charge >= 0.3 is 0 Å². The summed E-state index contributed by atoms with van der Waals surface area (Å²) in [6.45, 7) is 0. The predicted molar refractivity (Wildman–Crippen MR) is 228 cm³/mol. The molecule has 0 aliphatic rings. The van der Waals surface area contributed by atoms with Crippen LogP contribution in [0.3, 0.4) is 0 Å². The zero-order chi connectivity index (χ0) is 35.8. The van der Waals surface area contributed by atoms with Crippen molar-refractivity contribution in [3.8, 4) is 44.5 Å². The van der Waals surface area contributed by atoms with Gasteiger partial charge in [-0.1, -0.05) is 164 Å². The van der Waals surface area contributed by atoms with Crippen molar-refractivity contribution in [1.29, 1.82) is 0 Å². The molecule has 2 heteroatoms. The molecule has 0 aliphatic heterocycles. The molecule has 0 amide bonds. The third kappa shape index (κ3) is 5.62. The lowest BCUT2D eigenvalue weighted by Crippen LogP contribution is -2.11. The Morgan fingerprint density at radius 2 is 0.870 bits per heavy atom. The molecule has 0 spiro atoms. The molecule has 0 fully saturated rings. The van der Waals surface area contributed by atoms with Gasteiger partial charge in [-0.3, -0.25) is 0 Å². The van der Waals surface area contributed by atoms with E-state index in [1.807, 2.05) is 12.1 Å². The highest BCUT2D eigenvalue weighted by molar-refractivity contribution is 6.12. The molecule has 0 N–H and O–H groups in total. The van der Waals surface area contributed by atoms with Gasteiger partial charge in [-0.2, -0.15) is 0 Å². The molecule has 10 rings (SSSR count). The first-order valence-electron chi connectivity index (χ1n) is 18.4. The van der Waals surface area contributed by atoms with Crippen LogP contribution >= 0.6 is 0 Å². The van der Waals surface area contributed by atoms with E-state index >= 15 is 0 Å². The standard InChI is InChI=1S/C52H35NO/c1-2-14-36(15-3-1)37-30-32-42(33-31-37)53(43-21-11-20-41(35-43)47-26-13-29-51-52(47)48-24-7-9-28-50(48)54-51)49-27-8-6-23-46(49)40-19-10-18-39(34-40)45-25-12-17-38-16-4-5-22-44(38)45/h1-35H. The summed E-state index contributed by atoms with van der Waals surface area (Å²) in [5, 5.41) is 4.75. The fourth-order valence-corrected chi connectivity index (χ4v) is 7.93. The van der Waals surface area contributed by atoms with E-state index in [1.54, 1.807) is 0 Å². The van der Waals surface area contributed by atoms with Crippen molar-refractivity contribution in [3.05, 3.63) is 212 Å². The van der Waals surface area contributed by atoms with Crippen molar-refractivity contribution in [2.75, 3.05) is 4.90 Å². The summed E-state index contributed by atoms with van der Waals surface area (Å²) in [6.07, 6.45) is 0. The average molecular weight is 690 g/mol. The third-order valence-corrected chi connectivity index (χ3v) is 10.5. The van der Waals surface area contributed by atoms with Crippen LogP contribution in [-0.2, 0) is 0 Å². The summed E-state index contributed by atoms with van der Waals surface area (Å²) in [4.78, 5) is 2.39. The molecule has 254 valence electrons. The number of fused-ring (bicyclic) bond motifs is 4. The van der Waals surface area contributed by atoms with Crippen LogP contribution < -0.4 is 4.90 Å². The molecule has 0 radical (unpaired) electrons. The second kappa shape index (κ2) is 13.4. The van der Waals surface area contributed by atoms with Crippen LogP contribution in [0, 0.1) is 0 Å². The summed E-state index contributed by atoms with van der Waals surface area (Å²) in [7, 11) is 0. The van der Waals surface area contributed by atoms with Gasteiger partial charge in [0.05, 0.1) is 5.69 Å². The maximum atomic E-state index is 6.30. The number of rotatable bonds is 7. The van der Waals surface area contributed by atoms with Crippen molar-refractivity contribution in [2.45, 2.75) is 0 Å². The van der Waals surface area contributed by atoms with Gasteiger partial charge in [0.15, 0.2) is 0 Å². The fraction of sp³-hybridized carbons (Fsp3) is 0. The first kappa shape index (κ1) is 31.6. The van der Waals surface area contributed by atoms with Crippen LogP contribution in [0.2, 0.25) is 0 Å². The Morgan fingerprint density at radius 1 is 0.315 bits per heavy atom. The normalized spacial score (nSPS) is 11.3. The molecule has 0 aliphatic carbocycles. The fourth-order valence-electron chi connectivity index (χ4n) is 7.93. The Kier molecular flexibility index (Phi) is 7.85. The Balaban J connectivity index is 1.14. The first-order valence-corrected chi connectivity index (χ1v) is 18.4. The quantitative estimate of drug-likeness (QED) is 0.166. The van der Waals surface area contributed by atoms with Gasteiger partial charge in [-0.05, 0) is 98.2 Å². The van der Waals surface area contributed by atoms with Crippen molar-refractivity contribution >= 4 is 49.8 Å². The maximum absolute atomic E-state index is 6.30. The lowest BCUT2D eigenvalue weighted by molar-refractivity contribution is 0.669. The van der Waals surface area contributed by atoms with E-state index in [2.05, 4.69) is 205 Å². The molecule has 10 aromatic rings. The Bertz CT molecular complexity index is 2930. The summed E-state index contributed by atoms with van der Waals surface area (Å²) in [6, 6.07) is 75.9. The molecule has 0 saturated carbocycles. The van der Waals surface area contributed by atoms with Gasteiger partial charge < -0.3 is 9.32 Å². The van der Waals surface area contributed by atoms with Gasteiger partial charge in [0.25, 0.3) is 0 Å². The number of hydrogen-bond donors (Lipinski definition) is 0. The molecule has 1 heterocycles. The summed E-state index contributed by atoms with van der Waals surface area (Å²) < 4.78 is 6.30. The first-order chi connectivity index (χ1) is 26.8. The largest absolute Gasteiger partial charge is 0.456 e. The number of nitrogens with zero attached hydrogens (tertiary/aromatic N) is 1. The van der Waals surface area contributed by atoms with Gasteiger partial charge in [-0.25, -0.2) is 0 Å². The second-order valence-corrected chi connectivity index (χ2v) is 13.7. The lowest BCUT2D eigenvalue weighted by Gasteiger charge is -2.28. The summed E-state index contributed by atoms with van der Waals surface area (Å²) in [5.74, 6) is 0. The molecule has 0 saturated heterocycles. The van der Waals surface area contributed by atoms with E-state index < -0.39 is 0 Å². The summed E-state index contributed by atoms with van der Waals surface area (Å²) >= 11 is 0. The monoisotopic (exact) mass is 689 g/mol. The number of furan rings is 1. The molecule has 2 nitrogen and oxygen atoms in total. The zero-order valence-corrected chi connectivity index (χ0v) is 29.6. The molecule has 54 heavy (non-hydrogen) atoms. The minimum absolute atomic E-state index is 0.892. The minimum atomic E-state index is 0.892. The molecular formula is C52H35NO. The topological polar surface area (TPSA) is 16.4 Å². The minimum Gasteiger partial charge on any atom is -0.456 e. The number of anilines is 3. The van der Waals surface area contributed by atoms with E-state index in [0.717, 1.165) is 61.3 Å². The van der Waals surface area contributed by atoms with E-state index in [9.17, 15) is 0 Å². The van der Waals surface area contributed by atoms with Crippen LogP contribution in [0.15, 0.2) is 217 Å². The van der Waals surface area contributed by atoms with Crippen LogP contribution in [0.5, 0.6) is 0 Å². The Morgan fingerprint density at radius 3 is 1.74 bits per heavy atom. The van der Waals surface area contributed by atoms with Gasteiger partial charge in [0, 0.05) is 27.7 Å². The van der Waals surface area contributed by atoms with E-state index in [0.29, 0.717) is 0 Å². The molecule has 1 aromatic heterocycles. The van der Waals surface area contributed by atoms with Crippen molar-refractivity contribution in [2.24, 2.45) is 0 Å². The maximum Gasteiger partial charge on any atom is 0.136 e. The molecule has 9 aromatic carbocycles. The van der Waals surface area contributed by atoms with Gasteiger partial charge in [-0.15, -0.1) is 0 Å². The Hall–Kier alpha value is -7.16. The number of para-hydroxylation sites is 2. The van der Waals surface area contributed by atoms with Gasteiger partial charge in [0.1, 0.15) is 11.2 Å². The molecular weight excluding hydrogens is 655 g/mol. The highest BCUT2D eigenvalue weighted by Gasteiger charge is 2.20. The number of benzene rings is 9. The van der Waals surface area contributed by atoms with Crippen molar-refractivity contribution in [1.82, 2.24) is 0 Å². The Labute approximate surface area is 314 Å². The van der Waals surface area contributed by atoms with Crippen LogP contribution in [0.1, 0.15) is 0 Å². The third-order valence-electron chi connectivity index (χ3n) is 10.5. The molecule has 0 bridgehead atoms. The predicted octanol–water partition coefficient (Wildman–Crippen LogP) is 14.9. The van der Waals surface area contributed by atoms with Crippen LogP contribution in [-0.4, -0.2) is 0 Å². The SMILES string of the molecule is c1ccc(-c2ccc(N(c3cccc(-c4cccc5oc6ccccc6c45)c3)c3ccccc3-c3cccc(-c4cccc5ccccc45)c3)cc2)cc1. The van der Waals surface area contributed by atoms with E-state index in [1.165, 1.54) is 33.0 Å². The van der Waals surface area contributed by atoms with Gasteiger partial charge in [0.2, 0.25) is 0 Å². The summed E-state index contributed by atoms with van der Waals surface area (Å²) in [5.41, 5.74) is 14.4. The lowest BCUT2D eigenvalue weighted by atomic mass is 9.94. The highest BCUT2D eigenvalue weighted by atomic mass is 16.3. The van der Waals surface area contributed by atoms with Crippen LogP contribution in [0.25, 0.3) is 77.2 Å². The van der Waals surface area contributed by atoms with Crippen molar-refractivity contribution in [3.63, 3.8) is 0 Å². The second-order valence-electron chi connectivity index (χ2n) is 13.7. The highest BCUT2D eigenvalue weighted by Crippen LogP contribution is 2.44. The smallest absolute Gasteiger partial charge is 0.136 e. The van der Waals surface area contributed by atoms with E-state index in [4.69, 9.17) is 4.42 Å².